The summed E-state index contributed by atoms with van der Waals surface area (Å²) in [6, 6.07) is 1.73. The van der Waals surface area contributed by atoms with E-state index in [1.807, 2.05) is 0 Å². The van der Waals surface area contributed by atoms with Crippen molar-refractivity contribution in [3.8, 4) is 0 Å². The zero-order chi connectivity index (χ0) is 9.31. The van der Waals surface area contributed by atoms with Gasteiger partial charge in [-0.25, -0.2) is 0 Å². The van der Waals surface area contributed by atoms with Gasteiger partial charge < -0.3 is 14.9 Å². The van der Waals surface area contributed by atoms with Crippen molar-refractivity contribution in [2.45, 2.75) is 11.8 Å². The molecule has 0 saturated carbocycles. The maximum absolute atomic E-state index is 10.6. The van der Waals surface area contributed by atoms with Crippen molar-refractivity contribution in [3.63, 3.8) is 0 Å². The van der Waals surface area contributed by atoms with Crippen LogP contribution >= 0.6 is 0 Å². The van der Waals surface area contributed by atoms with Crippen LogP contribution in [-0.4, -0.2) is 29.3 Å². The average molecular weight is 182 g/mol. The molecule has 1 aliphatic heterocycles. The predicted molar refractivity (Wildman–Crippen MR) is 43.3 cm³/mol. The zero-order valence-electron chi connectivity index (χ0n) is 6.99. The number of aliphatic carboxylic acids is 1. The lowest BCUT2D eigenvalue weighted by Gasteiger charge is -2.39. The Morgan fingerprint density at radius 2 is 2.54 bits per heavy atom. The van der Waals surface area contributed by atoms with Crippen LogP contribution in [0.4, 0.5) is 0 Å². The van der Waals surface area contributed by atoms with E-state index in [0.29, 0.717) is 13.1 Å². The molecule has 1 aromatic heterocycles. The summed E-state index contributed by atoms with van der Waals surface area (Å²) < 4.78 is 4.71. The van der Waals surface area contributed by atoms with E-state index < -0.39 is 5.97 Å². The highest BCUT2D eigenvalue weighted by Crippen LogP contribution is 2.30. The average Bonchev–Trinajstić information content (AvgIpc) is 2.48. The van der Waals surface area contributed by atoms with E-state index in [2.05, 4.69) is 10.5 Å². The number of carboxylic acids is 1. The minimum atomic E-state index is -0.801. The molecular weight excluding hydrogens is 172 g/mol. The number of rotatable bonds is 3. The fourth-order valence-electron chi connectivity index (χ4n) is 1.60. The molecule has 70 valence electrons. The molecule has 0 radical (unpaired) electrons. The first-order valence-corrected chi connectivity index (χ1v) is 4.06. The summed E-state index contributed by atoms with van der Waals surface area (Å²) in [5.74, 6) is -0.801. The van der Waals surface area contributed by atoms with Gasteiger partial charge in [-0.15, -0.1) is 0 Å². The van der Waals surface area contributed by atoms with Gasteiger partial charge in [-0.2, -0.15) is 0 Å². The minimum absolute atomic E-state index is 0.104. The van der Waals surface area contributed by atoms with E-state index in [1.165, 1.54) is 6.26 Å². The Labute approximate surface area is 74.7 Å². The largest absolute Gasteiger partial charge is 0.481 e. The molecule has 0 amide bonds. The van der Waals surface area contributed by atoms with Gasteiger partial charge in [0.2, 0.25) is 0 Å². The van der Waals surface area contributed by atoms with Crippen LogP contribution in [0.5, 0.6) is 0 Å². The Balaban J connectivity index is 2.20. The SMILES string of the molecule is O=C(O)CC1(c2ccon2)CNC1. The van der Waals surface area contributed by atoms with E-state index in [-0.39, 0.29) is 11.8 Å². The second-order valence-corrected chi connectivity index (χ2v) is 3.34. The number of carboxylic acid groups (broad SMARTS) is 1. The van der Waals surface area contributed by atoms with Crippen LogP contribution in [0.2, 0.25) is 0 Å². The maximum atomic E-state index is 10.6. The number of aromatic nitrogens is 1. The lowest BCUT2D eigenvalue weighted by Crippen LogP contribution is -2.57. The molecule has 13 heavy (non-hydrogen) atoms. The fourth-order valence-corrected chi connectivity index (χ4v) is 1.60. The van der Waals surface area contributed by atoms with Crippen LogP contribution in [0.1, 0.15) is 12.1 Å². The van der Waals surface area contributed by atoms with Gasteiger partial charge in [0.05, 0.1) is 17.5 Å². The molecule has 2 N–H and O–H groups in total. The Hall–Kier alpha value is -1.36. The Morgan fingerprint density at radius 3 is 2.92 bits per heavy atom. The summed E-state index contributed by atoms with van der Waals surface area (Å²) in [5.41, 5.74) is 0.382. The van der Waals surface area contributed by atoms with E-state index in [1.54, 1.807) is 6.07 Å². The Kier molecular flexibility index (Phi) is 1.81. The first-order valence-electron chi connectivity index (χ1n) is 4.06. The van der Waals surface area contributed by atoms with Crippen molar-refractivity contribution in [2.24, 2.45) is 0 Å². The Morgan fingerprint density at radius 1 is 1.77 bits per heavy atom. The summed E-state index contributed by atoms with van der Waals surface area (Å²) >= 11 is 0. The summed E-state index contributed by atoms with van der Waals surface area (Å²) in [4.78, 5) is 10.6. The van der Waals surface area contributed by atoms with Crippen LogP contribution in [0.15, 0.2) is 16.9 Å². The van der Waals surface area contributed by atoms with Crippen LogP contribution < -0.4 is 5.32 Å². The summed E-state index contributed by atoms with van der Waals surface area (Å²) in [7, 11) is 0. The first-order chi connectivity index (χ1) is 6.23. The summed E-state index contributed by atoms with van der Waals surface area (Å²) in [5, 5.41) is 15.6. The molecule has 5 nitrogen and oxygen atoms in total. The zero-order valence-corrected chi connectivity index (χ0v) is 6.99. The molecule has 5 heteroatoms. The van der Waals surface area contributed by atoms with Crippen molar-refractivity contribution in [1.82, 2.24) is 10.5 Å². The van der Waals surface area contributed by atoms with Crippen LogP contribution in [-0.2, 0) is 10.2 Å². The predicted octanol–water partition coefficient (Wildman–Crippen LogP) is -0.00970. The van der Waals surface area contributed by atoms with E-state index in [4.69, 9.17) is 9.63 Å². The van der Waals surface area contributed by atoms with Crippen molar-refractivity contribution in [1.29, 1.82) is 0 Å². The van der Waals surface area contributed by atoms with E-state index in [9.17, 15) is 4.79 Å². The van der Waals surface area contributed by atoms with Gasteiger partial charge in [0.1, 0.15) is 6.26 Å². The lowest BCUT2D eigenvalue weighted by molar-refractivity contribution is -0.139. The number of hydrogen-bond donors (Lipinski definition) is 2. The maximum Gasteiger partial charge on any atom is 0.304 e. The number of nitrogens with one attached hydrogen (secondary N) is 1. The molecule has 2 rings (SSSR count). The lowest BCUT2D eigenvalue weighted by atomic mass is 9.76. The minimum Gasteiger partial charge on any atom is -0.481 e. The fraction of sp³-hybridized carbons (Fsp3) is 0.500. The van der Waals surface area contributed by atoms with Gasteiger partial charge in [-0.1, -0.05) is 5.16 Å². The highest BCUT2D eigenvalue weighted by atomic mass is 16.5. The third kappa shape index (κ3) is 1.31. The molecular formula is C8H10N2O3. The monoisotopic (exact) mass is 182 g/mol. The van der Waals surface area contributed by atoms with Crippen molar-refractivity contribution >= 4 is 5.97 Å². The van der Waals surface area contributed by atoms with Crippen LogP contribution in [0.25, 0.3) is 0 Å². The van der Waals surface area contributed by atoms with Crippen LogP contribution in [0.3, 0.4) is 0 Å². The molecule has 1 aliphatic rings. The highest BCUT2D eigenvalue weighted by molar-refractivity contribution is 5.69. The molecule has 0 aromatic carbocycles. The van der Waals surface area contributed by atoms with Crippen molar-refractivity contribution < 1.29 is 14.4 Å². The number of hydrogen-bond acceptors (Lipinski definition) is 4. The smallest absolute Gasteiger partial charge is 0.304 e. The van der Waals surface area contributed by atoms with E-state index >= 15 is 0 Å². The van der Waals surface area contributed by atoms with Gasteiger partial charge >= 0.3 is 5.97 Å². The summed E-state index contributed by atoms with van der Waals surface area (Å²) in [6.45, 7) is 1.32. The molecule has 0 aliphatic carbocycles. The Bertz CT molecular complexity index is 303. The van der Waals surface area contributed by atoms with Gasteiger partial charge in [-0.3, -0.25) is 4.79 Å². The normalized spacial score (nSPS) is 19.4. The molecule has 1 fully saturated rings. The van der Waals surface area contributed by atoms with Crippen molar-refractivity contribution in [2.75, 3.05) is 13.1 Å². The topological polar surface area (TPSA) is 75.4 Å². The molecule has 0 atom stereocenters. The quantitative estimate of drug-likeness (QED) is 0.687. The molecule has 1 saturated heterocycles. The third-order valence-electron chi connectivity index (χ3n) is 2.40. The van der Waals surface area contributed by atoms with Gasteiger partial charge in [0.15, 0.2) is 0 Å². The van der Waals surface area contributed by atoms with Crippen molar-refractivity contribution in [3.05, 3.63) is 18.0 Å². The number of carbonyl (C=O) groups is 1. The first kappa shape index (κ1) is 8.25. The highest BCUT2D eigenvalue weighted by Gasteiger charge is 2.42. The van der Waals surface area contributed by atoms with Gasteiger partial charge in [0.25, 0.3) is 0 Å². The second-order valence-electron chi connectivity index (χ2n) is 3.34. The molecule has 2 heterocycles. The van der Waals surface area contributed by atoms with Crippen LogP contribution in [0, 0.1) is 0 Å². The molecule has 0 spiro atoms. The van der Waals surface area contributed by atoms with E-state index in [0.717, 1.165) is 5.69 Å². The molecule has 0 bridgehead atoms. The van der Waals surface area contributed by atoms with Gasteiger partial charge in [0, 0.05) is 19.2 Å². The third-order valence-corrected chi connectivity index (χ3v) is 2.40. The molecule has 0 unspecified atom stereocenters. The standard InChI is InChI=1S/C8H10N2O3/c11-7(12)3-8(4-9-5-8)6-1-2-13-10-6/h1-2,9H,3-5H2,(H,11,12). The summed E-state index contributed by atoms with van der Waals surface area (Å²) in [6.07, 6.45) is 1.57. The molecule has 1 aromatic rings. The van der Waals surface area contributed by atoms with Gasteiger partial charge in [-0.05, 0) is 0 Å². The number of nitrogens with zero attached hydrogens (tertiary/aromatic N) is 1. The second kappa shape index (κ2) is 2.85.